The highest BCUT2D eigenvalue weighted by Crippen LogP contribution is 2.19. The third-order valence-electron chi connectivity index (χ3n) is 3.64. The number of nitro benzene ring substituents is 1. The first kappa shape index (κ1) is 16.6. The van der Waals surface area contributed by atoms with Crippen molar-refractivity contribution in [3.8, 4) is 0 Å². The van der Waals surface area contributed by atoms with Crippen LogP contribution < -0.4 is 10.6 Å². The van der Waals surface area contributed by atoms with Crippen molar-refractivity contribution in [3.63, 3.8) is 0 Å². The first-order valence-corrected chi connectivity index (χ1v) is 6.98. The molecular weight excluding hydrogens is 306 g/mol. The van der Waals surface area contributed by atoms with Crippen LogP contribution in [-0.2, 0) is 4.79 Å². The smallest absolute Gasteiger partial charge is 0.336 e. The molecule has 23 heavy (non-hydrogen) atoms. The molecule has 1 aliphatic heterocycles. The number of rotatable bonds is 4. The molecule has 0 aromatic heterocycles. The van der Waals surface area contributed by atoms with Crippen molar-refractivity contribution in [2.75, 3.05) is 13.1 Å². The Bertz CT molecular complexity index is 666. The molecule has 0 bridgehead atoms. The number of hydrogen-bond donors (Lipinski definition) is 3. The van der Waals surface area contributed by atoms with E-state index in [1.54, 1.807) is 0 Å². The van der Waals surface area contributed by atoms with Crippen LogP contribution >= 0.6 is 0 Å². The van der Waals surface area contributed by atoms with Crippen LogP contribution in [0.3, 0.4) is 0 Å². The van der Waals surface area contributed by atoms with Gasteiger partial charge in [0.1, 0.15) is 0 Å². The lowest BCUT2D eigenvalue weighted by Gasteiger charge is -2.21. The van der Waals surface area contributed by atoms with Gasteiger partial charge in [-0.15, -0.1) is 0 Å². The molecule has 1 heterocycles. The minimum atomic E-state index is -1.40. The molecule has 2 rings (SSSR count). The molecule has 3 N–H and O–H groups in total. The van der Waals surface area contributed by atoms with E-state index >= 15 is 0 Å². The summed E-state index contributed by atoms with van der Waals surface area (Å²) in [5.74, 6) is -3.19. The number of carboxylic acids is 1. The van der Waals surface area contributed by atoms with Gasteiger partial charge in [-0.25, -0.2) is 4.79 Å². The molecule has 0 atom stereocenters. The van der Waals surface area contributed by atoms with Gasteiger partial charge in [-0.1, -0.05) is 0 Å². The van der Waals surface area contributed by atoms with Crippen LogP contribution in [0.15, 0.2) is 18.2 Å². The average molecular weight is 321 g/mol. The van der Waals surface area contributed by atoms with Crippen molar-refractivity contribution in [2.24, 2.45) is 5.92 Å². The second-order valence-corrected chi connectivity index (χ2v) is 5.13. The number of nitrogens with zero attached hydrogens (tertiary/aromatic N) is 1. The molecule has 1 aromatic carbocycles. The van der Waals surface area contributed by atoms with Gasteiger partial charge in [0.05, 0.1) is 16.1 Å². The summed E-state index contributed by atoms with van der Waals surface area (Å²) >= 11 is 0. The molecule has 1 aromatic rings. The Balaban J connectivity index is 2.22. The summed E-state index contributed by atoms with van der Waals surface area (Å²) in [5.41, 5.74) is -1.23. The summed E-state index contributed by atoms with van der Waals surface area (Å²) in [7, 11) is 0. The molecule has 2 amide bonds. The fourth-order valence-corrected chi connectivity index (χ4v) is 2.39. The summed E-state index contributed by atoms with van der Waals surface area (Å²) in [6.07, 6.45) is 1.14. The topological polar surface area (TPSA) is 139 Å². The van der Waals surface area contributed by atoms with Crippen LogP contribution in [0.1, 0.15) is 33.6 Å². The van der Waals surface area contributed by atoms with Gasteiger partial charge in [-0.2, -0.15) is 0 Å². The lowest BCUT2D eigenvalue weighted by atomic mass is 9.97. The van der Waals surface area contributed by atoms with Crippen LogP contribution in [0.5, 0.6) is 0 Å². The minimum absolute atomic E-state index is 0.341. The largest absolute Gasteiger partial charge is 0.478 e. The Morgan fingerprint density at radius 1 is 1.22 bits per heavy atom. The summed E-state index contributed by atoms with van der Waals surface area (Å²) in [6.45, 7) is 1.31. The Kier molecular flexibility index (Phi) is 5.02. The first-order chi connectivity index (χ1) is 10.9. The van der Waals surface area contributed by atoms with Crippen LogP contribution in [0.4, 0.5) is 5.69 Å². The molecular formula is C14H15N3O6. The third-order valence-corrected chi connectivity index (χ3v) is 3.64. The Morgan fingerprint density at radius 3 is 2.43 bits per heavy atom. The molecule has 1 aliphatic rings. The van der Waals surface area contributed by atoms with E-state index < -0.39 is 39.5 Å². The van der Waals surface area contributed by atoms with Gasteiger partial charge < -0.3 is 10.4 Å². The summed E-state index contributed by atoms with van der Waals surface area (Å²) < 4.78 is 0. The lowest BCUT2D eigenvalue weighted by Crippen LogP contribution is -2.41. The van der Waals surface area contributed by atoms with Crippen molar-refractivity contribution in [1.82, 2.24) is 10.6 Å². The number of non-ortho nitro benzene ring substituents is 1. The van der Waals surface area contributed by atoms with E-state index in [1.807, 2.05) is 0 Å². The van der Waals surface area contributed by atoms with Gasteiger partial charge >= 0.3 is 5.97 Å². The van der Waals surface area contributed by atoms with Crippen LogP contribution in [0.25, 0.3) is 0 Å². The molecule has 0 aliphatic carbocycles. The zero-order chi connectivity index (χ0) is 17.0. The average Bonchev–Trinajstić information content (AvgIpc) is 2.54. The number of carbonyl (C=O) groups is 3. The Hall–Kier alpha value is -2.81. The van der Waals surface area contributed by atoms with Gasteiger partial charge in [0, 0.05) is 18.1 Å². The molecule has 122 valence electrons. The predicted octanol–water partition coefficient (Wildman–Crippen LogP) is 0.549. The zero-order valence-electron chi connectivity index (χ0n) is 12.1. The standard InChI is InChI=1S/C14H15N3O6/c18-12(8-3-5-15-6-4-8)16-13(19)11-7-9(17(22)23)1-2-10(11)14(20)21/h1-2,7-8,15H,3-6H2,(H,20,21)(H,16,18,19). The van der Waals surface area contributed by atoms with Crippen LogP contribution in [0.2, 0.25) is 0 Å². The highest BCUT2D eigenvalue weighted by Gasteiger charge is 2.26. The summed E-state index contributed by atoms with van der Waals surface area (Å²) in [4.78, 5) is 45.4. The summed E-state index contributed by atoms with van der Waals surface area (Å²) in [6, 6.07) is 2.83. The second kappa shape index (κ2) is 6.97. The lowest BCUT2D eigenvalue weighted by molar-refractivity contribution is -0.384. The molecule has 0 unspecified atom stereocenters. The fraction of sp³-hybridized carbons (Fsp3) is 0.357. The fourth-order valence-electron chi connectivity index (χ4n) is 2.39. The molecule has 0 saturated carbocycles. The van der Waals surface area contributed by atoms with E-state index in [0.717, 1.165) is 18.2 Å². The van der Waals surface area contributed by atoms with Crippen LogP contribution in [0, 0.1) is 16.0 Å². The second-order valence-electron chi connectivity index (χ2n) is 5.13. The maximum absolute atomic E-state index is 12.2. The van der Waals surface area contributed by atoms with Crippen molar-refractivity contribution in [3.05, 3.63) is 39.4 Å². The number of benzene rings is 1. The van der Waals surface area contributed by atoms with Crippen molar-refractivity contribution >= 4 is 23.5 Å². The number of aromatic carboxylic acids is 1. The van der Waals surface area contributed by atoms with Gasteiger partial charge in [-0.3, -0.25) is 25.0 Å². The summed E-state index contributed by atoms with van der Waals surface area (Å²) in [5, 5.41) is 25.1. The van der Waals surface area contributed by atoms with Crippen molar-refractivity contribution in [2.45, 2.75) is 12.8 Å². The maximum atomic E-state index is 12.2. The number of nitrogens with one attached hydrogen (secondary N) is 2. The molecule has 0 spiro atoms. The van der Waals surface area contributed by atoms with Crippen molar-refractivity contribution in [1.29, 1.82) is 0 Å². The maximum Gasteiger partial charge on any atom is 0.336 e. The zero-order valence-corrected chi connectivity index (χ0v) is 12.1. The highest BCUT2D eigenvalue weighted by atomic mass is 16.6. The van der Waals surface area contributed by atoms with Gasteiger partial charge in [0.2, 0.25) is 5.91 Å². The SMILES string of the molecule is O=C(O)c1ccc([N+](=O)[O-])cc1C(=O)NC(=O)C1CCNCC1. The molecule has 1 saturated heterocycles. The number of amides is 2. The van der Waals surface area contributed by atoms with Gasteiger partial charge in [-0.05, 0) is 32.0 Å². The van der Waals surface area contributed by atoms with Gasteiger partial charge in [0.25, 0.3) is 11.6 Å². The Morgan fingerprint density at radius 2 is 1.87 bits per heavy atom. The number of imide groups is 1. The predicted molar refractivity (Wildman–Crippen MR) is 78.1 cm³/mol. The van der Waals surface area contributed by atoms with E-state index in [0.29, 0.717) is 25.9 Å². The van der Waals surface area contributed by atoms with E-state index in [-0.39, 0.29) is 5.92 Å². The van der Waals surface area contributed by atoms with E-state index in [2.05, 4.69) is 10.6 Å². The van der Waals surface area contributed by atoms with Gasteiger partial charge in [0.15, 0.2) is 0 Å². The van der Waals surface area contributed by atoms with Crippen molar-refractivity contribution < 1.29 is 24.4 Å². The van der Waals surface area contributed by atoms with E-state index in [9.17, 15) is 24.5 Å². The third kappa shape index (κ3) is 3.89. The number of nitro groups is 1. The van der Waals surface area contributed by atoms with E-state index in [1.165, 1.54) is 0 Å². The molecule has 9 nitrogen and oxygen atoms in total. The number of carbonyl (C=O) groups excluding carboxylic acids is 2. The first-order valence-electron chi connectivity index (χ1n) is 6.98. The number of piperidine rings is 1. The minimum Gasteiger partial charge on any atom is -0.478 e. The van der Waals surface area contributed by atoms with E-state index in [4.69, 9.17) is 5.11 Å². The Labute approximate surface area is 130 Å². The quantitative estimate of drug-likeness (QED) is 0.418. The van der Waals surface area contributed by atoms with Crippen LogP contribution in [-0.4, -0.2) is 40.9 Å². The highest BCUT2D eigenvalue weighted by molar-refractivity contribution is 6.10. The monoisotopic (exact) mass is 321 g/mol. The molecule has 1 fully saturated rings. The number of hydrogen-bond acceptors (Lipinski definition) is 6. The normalized spacial score (nSPS) is 15.0. The molecule has 0 radical (unpaired) electrons. The number of carboxylic acid groups (broad SMARTS) is 1. The molecule has 9 heteroatoms.